The first-order valence-electron chi connectivity index (χ1n) is 7.67. The van der Waals surface area contributed by atoms with Gasteiger partial charge in [-0.1, -0.05) is 38.1 Å². The van der Waals surface area contributed by atoms with E-state index in [2.05, 4.69) is 43.0 Å². The minimum atomic E-state index is 0.335. The van der Waals surface area contributed by atoms with Crippen LogP contribution in [0.4, 0.5) is 0 Å². The third kappa shape index (κ3) is 3.60. The lowest BCUT2D eigenvalue weighted by Gasteiger charge is -2.40. The van der Waals surface area contributed by atoms with E-state index in [9.17, 15) is 0 Å². The summed E-state index contributed by atoms with van der Waals surface area (Å²) in [5, 5.41) is 0. The monoisotopic (exact) mass is 276 g/mol. The molecule has 2 rings (SSSR count). The Balaban J connectivity index is 2.13. The molecule has 112 valence electrons. The topological polar surface area (TPSA) is 38.5 Å². The number of benzene rings is 1. The average Bonchev–Trinajstić information content (AvgIpc) is 2.44. The number of nitrogens with zero attached hydrogens (tertiary/aromatic N) is 1. The number of hydrogen-bond acceptors (Lipinski definition) is 3. The number of piperidine rings is 1. The molecule has 20 heavy (non-hydrogen) atoms. The van der Waals surface area contributed by atoms with Gasteiger partial charge in [-0.3, -0.25) is 4.90 Å². The first-order chi connectivity index (χ1) is 9.65. The minimum Gasteiger partial charge on any atom is -0.380 e. The Bertz CT molecular complexity index is 421. The van der Waals surface area contributed by atoms with Gasteiger partial charge in [0.2, 0.25) is 0 Å². The number of hydrogen-bond donors (Lipinski definition) is 1. The molecule has 3 heteroatoms. The predicted octanol–water partition coefficient (Wildman–Crippen LogP) is 2.81. The van der Waals surface area contributed by atoms with Gasteiger partial charge in [0, 0.05) is 26.2 Å². The van der Waals surface area contributed by atoms with Crippen molar-refractivity contribution in [3.8, 4) is 0 Å². The first kappa shape index (κ1) is 15.5. The molecule has 1 saturated heterocycles. The van der Waals surface area contributed by atoms with Crippen molar-refractivity contribution in [1.29, 1.82) is 0 Å². The van der Waals surface area contributed by atoms with Crippen LogP contribution in [0.1, 0.15) is 37.4 Å². The zero-order valence-electron chi connectivity index (χ0n) is 13.0. The van der Waals surface area contributed by atoms with Gasteiger partial charge >= 0.3 is 0 Å². The molecule has 0 radical (unpaired) electrons. The number of nitrogens with two attached hydrogens (primary N) is 1. The highest BCUT2D eigenvalue weighted by atomic mass is 16.5. The largest absolute Gasteiger partial charge is 0.380 e. The zero-order chi connectivity index (χ0) is 14.5. The molecule has 0 bridgehead atoms. The highest BCUT2D eigenvalue weighted by Crippen LogP contribution is 2.29. The summed E-state index contributed by atoms with van der Waals surface area (Å²) in [5.41, 5.74) is 8.61. The molecule has 3 unspecified atom stereocenters. The van der Waals surface area contributed by atoms with Gasteiger partial charge in [0.25, 0.3) is 0 Å². The maximum atomic E-state index is 6.07. The molecular weight excluding hydrogens is 248 g/mol. The van der Waals surface area contributed by atoms with Gasteiger partial charge in [-0.15, -0.1) is 0 Å². The van der Waals surface area contributed by atoms with E-state index < -0.39 is 0 Å². The van der Waals surface area contributed by atoms with Crippen molar-refractivity contribution in [3.05, 3.63) is 35.4 Å². The fourth-order valence-electron chi connectivity index (χ4n) is 3.13. The number of rotatable bonds is 5. The van der Waals surface area contributed by atoms with E-state index >= 15 is 0 Å². The average molecular weight is 276 g/mol. The molecule has 1 aromatic carbocycles. The zero-order valence-corrected chi connectivity index (χ0v) is 13.0. The van der Waals surface area contributed by atoms with Crippen LogP contribution in [0.25, 0.3) is 0 Å². The summed E-state index contributed by atoms with van der Waals surface area (Å²) in [5.74, 6) is 1.57. The van der Waals surface area contributed by atoms with Gasteiger partial charge in [-0.25, -0.2) is 0 Å². The Morgan fingerprint density at radius 3 is 2.80 bits per heavy atom. The quantitative estimate of drug-likeness (QED) is 0.898. The van der Waals surface area contributed by atoms with Crippen LogP contribution in [0.3, 0.4) is 0 Å². The van der Waals surface area contributed by atoms with Crippen LogP contribution in [0, 0.1) is 11.8 Å². The highest BCUT2D eigenvalue weighted by molar-refractivity contribution is 5.26. The molecule has 0 aliphatic carbocycles. The summed E-state index contributed by atoms with van der Waals surface area (Å²) < 4.78 is 5.23. The van der Waals surface area contributed by atoms with E-state index in [-0.39, 0.29) is 0 Å². The normalized spacial score (nSPS) is 25.6. The first-order valence-corrected chi connectivity index (χ1v) is 7.67. The second kappa shape index (κ2) is 7.21. The van der Waals surface area contributed by atoms with Crippen molar-refractivity contribution in [3.63, 3.8) is 0 Å². The molecule has 1 aromatic rings. The second-order valence-electron chi connectivity index (χ2n) is 6.17. The third-order valence-corrected chi connectivity index (χ3v) is 4.68. The van der Waals surface area contributed by atoms with E-state index in [4.69, 9.17) is 10.5 Å². The molecule has 2 N–H and O–H groups in total. The summed E-state index contributed by atoms with van der Waals surface area (Å²) >= 11 is 0. The van der Waals surface area contributed by atoms with Crippen LogP contribution in [0.2, 0.25) is 0 Å². The molecule has 0 saturated carbocycles. The minimum absolute atomic E-state index is 0.335. The van der Waals surface area contributed by atoms with Crippen molar-refractivity contribution in [1.82, 2.24) is 4.90 Å². The number of ether oxygens (including phenoxy) is 1. The van der Waals surface area contributed by atoms with E-state index in [1.165, 1.54) is 17.5 Å². The van der Waals surface area contributed by atoms with Crippen LogP contribution in [-0.4, -0.2) is 31.6 Å². The Morgan fingerprint density at radius 1 is 1.35 bits per heavy atom. The van der Waals surface area contributed by atoms with Crippen LogP contribution < -0.4 is 5.73 Å². The van der Waals surface area contributed by atoms with E-state index in [0.717, 1.165) is 24.9 Å². The number of methoxy groups -OCH3 is 1. The molecule has 3 atom stereocenters. The van der Waals surface area contributed by atoms with Gasteiger partial charge in [0.15, 0.2) is 0 Å². The summed E-state index contributed by atoms with van der Waals surface area (Å²) in [4.78, 5) is 2.55. The van der Waals surface area contributed by atoms with Gasteiger partial charge in [-0.05, 0) is 35.9 Å². The van der Waals surface area contributed by atoms with E-state index in [0.29, 0.717) is 19.2 Å². The van der Waals surface area contributed by atoms with Crippen LogP contribution in [0.15, 0.2) is 24.3 Å². The van der Waals surface area contributed by atoms with Gasteiger partial charge < -0.3 is 10.5 Å². The summed E-state index contributed by atoms with van der Waals surface area (Å²) in [7, 11) is 1.74. The summed E-state index contributed by atoms with van der Waals surface area (Å²) in [6, 6.07) is 8.99. The fraction of sp³-hybridized carbons (Fsp3) is 0.647. The van der Waals surface area contributed by atoms with Crippen LogP contribution >= 0.6 is 0 Å². The predicted molar refractivity (Wildman–Crippen MR) is 83.5 cm³/mol. The molecule has 0 spiro atoms. The molecule has 0 amide bonds. The van der Waals surface area contributed by atoms with E-state index in [1.54, 1.807) is 7.11 Å². The maximum Gasteiger partial charge on any atom is 0.0713 e. The Kier molecular flexibility index (Phi) is 5.58. The van der Waals surface area contributed by atoms with E-state index in [1.807, 2.05) is 0 Å². The smallest absolute Gasteiger partial charge is 0.0713 e. The summed E-state index contributed by atoms with van der Waals surface area (Å²) in [6.45, 7) is 8.36. The molecule has 3 nitrogen and oxygen atoms in total. The summed E-state index contributed by atoms with van der Waals surface area (Å²) in [6.07, 6.45) is 1.27. The van der Waals surface area contributed by atoms with Crippen LogP contribution in [-0.2, 0) is 11.3 Å². The maximum absolute atomic E-state index is 6.07. The van der Waals surface area contributed by atoms with Crippen molar-refractivity contribution in [2.24, 2.45) is 17.6 Å². The Hall–Kier alpha value is -0.900. The van der Waals surface area contributed by atoms with Gasteiger partial charge in [0.05, 0.1) is 6.61 Å². The Morgan fingerprint density at radius 2 is 2.15 bits per heavy atom. The van der Waals surface area contributed by atoms with Crippen molar-refractivity contribution in [2.75, 3.05) is 26.7 Å². The lowest BCUT2D eigenvalue weighted by atomic mass is 9.87. The van der Waals surface area contributed by atoms with Crippen molar-refractivity contribution in [2.45, 2.75) is 32.9 Å². The third-order valence-electron chi connectivity index (χ3n) is 4.68. The SMILES string of the molecule is COCc1cccc(C(CN)N2CCC(C)C(C)C2)c1. The fourth-order valence-corrected chi connectivity index (χ4v) is 3.13. The van der Waals surface area contributed by atoms with Crippen molar-refractivity contribution < 1.29 is 4.74 Å². The van der Waals surface area contributed by atoms with Gasteiger partial charge in [0.1, 0.15) is 0 Å². The second-order valence-corrected chi connectivity index (χ2v) is 6.17. The molecular formula is C17H28N2O. The lowest BCUT2D eigenvalue weighted by molar-refractivity contribution is 0.0981. The molecule has 1 heterocycles. The number of likely N-dealkylation sites (tertiary alicyclic amines) is 1. The molecule has 1 fully saturated rings. The standard InChI is InChI=1S/C17H28N2O/c1-13-7-8-19(11-14(13)2)17(10-18)16-6-4-5-15(9-16)12-20-3/h4-6,9,13-14,17H,7-8,10-12,18H2,1-3H3. The van der Waals surface area contributed by atoms with Gasteiger partial charge in [-0.2, -0.15) is 0 Å². The molecule has 1 aliphatic rings. The molecule has 1 aliphatic heterocycles. The Labute approximate surface area is 123 Å². The highest BCUT2D eigenvalue weighted by Gasteiger charge is 2.27. The van der Waals surface area contributed by atoms with Crippen molar-refractivity contribution >= 4 is 0 Å². The lowest BCUT2D eigenvalue weighted by Crippen LogP contribution is -2.43. The molecule has 0 aromatic heterocycles. The van der Waals surface area contributed by atoms with Crippen LogP contribution in [0.5, 0.6) is 0 Å².